The fourth-order valence-electron chi connectivity index (χ4n) is 3.45. The highest BCUT2D eigenvalue weighted by molar-refractivity contribution is 5.96. The number of hydrogen-bond donors (Lipinski definition) is 1. The van der Waals surface area contributed by atoms with E-state index in [9.17, 15) is 14.0 Å². The quantitative estimate of drug-likeness (QED) is 0.697. The lowest BCUT2D eigenvalue weighted by molar-refractivity contribution is -0.155. The second-order valence-electron chi connectivity index (χ2n) is 6.97. The maximum Gasteiger partial charge on any atom is 0.306 e. The van der Waals surface area contributed by atoms with Crippen LogP contribution in [0.25, 0.3) is 0 Å². The van der Waals surface area contributed by atoms with Gasteiger partial charge in [0.05, 0.1) is 0 Å². The molecule has 1 amide bonds. The molecule has 1 fully saturated rings. The van der Waals surface area contributed by atoms with Crippen LogP contribution in [0.4, 0.5) is 10.1 Å². The highest BCUT2D eigenvalue weighted by Gasteiger charge is 2.26. The molecule has 1 aliphatic carbocycles. The molecule has 0 heterocycles. The van der Waals surface area contributed by atoms with Gasteiger partial charge in [0.2, 0.25) is 6.10 Å². The van der Waals surface area contributed by atoms with Gasteiger partial charge in [-0.15, -0.1) is 0 Å². The summed E-state index contributed by atoms with van der Waals surface area (Å²) in [4.78, 5) is 25.0. The van der Waals surface area contributed by atoms with E-state index >= 15 is 0 Å². The lowest BCUT2D eigenvalue weighted by atomic mass is 10.0. The van der Waals surface area contributed by atoms with Gasteiger partial charge in [0, 0.05) is 17.7 Å². The number of carbonyl (C=O) groups is 2. The minimum atomic E-state index is -1.03. The zero-order valence-electron chi connectivity index (χ0n) is 15.2. The number of anilines is 1. The number of benzene rings is 2. The van der Waals surface area contributed by atoms with Crippen molar-refractivity contribution in [1.82, 2.24) is 0 Å². The fourth-order valence-corrected chi connectivity index (χ4v) is 3.45. The Morgan fingerprint density at radius 1 is 1.04 bits per heavy atom. The molecule has 27 heavy (non-hydrogen) atoms. The van der Waals surface area contributed by atoms with Gasteiger partial charge in [0.25, 0.3) is 5.91 Å². The van der Waals surface area contributed by atoms with Crippen molar-refractivity contribution in [2.75, 3.05) is 5.32 Å². The Morgan fingerprint density at radius 2 is 1.70 bits per heavy atom. The predicted molar refractivity (Wildman–Crippen MR) is 101 cm³/mol. The van der Waals surface area contributed by atoms with E-state index < -0.39 is 12.0 Å². The zero-order valence-corrected chi connectivity index (χ0v) is 15.2. The molecule has 142 valence electrons. The van der Waals surface area contributed by atoms with Gasteiger partial charge in [-0.05, 0) is 36.6 Å². The van der Waals surface area contributed by atoms with E-state index in [1.54, 1.807) is 24.3 Å². The van der Waals surface area contributed by atoms with Gasteiger partial charge in [0.15, 0.2) is 0 Å². The van der Waals surface area contributed by atoms with Crippen molar-refractivity contribution in [3.05, 3.63) is 66.0 Å². The van der Waals surface area contributed by atoms with Gasteiger partial charge in [-0.25, -0.2) is 4.39 Å². The summed E-state index contributed by atoms with van der Waals surface area (Å²) in [5, 5.41) is 2.69. The molecule has 0 bridgehead atoms. The Bertz CT molecular complexity index is 755. The van der Waals surface area contributed by atoms with Crippen LogP contribution in [0.15, 0.2) is 54.6 Å². The average Bonchev–Trinajstić information content (AvgIpc) is 3.20. The molecule has 2 aromatic rings. The van der Waals surface area contributed by atoms with E-state index in [2.05, 4.69) is 5.32 Å². The molecule has 1 atom stereocenters. The molecule has 0 radical (unpaired) electrons. The van der Waals surface area contributed by atoms with Crippen molar-refractivity contribution in [3.8, 4) is 0 Å². The summed E-state index contributed by atoms with van der Waals surface area (Å²) in [6.45, 7) is 0. The first-order chi connectivity index (χ1) is 13.1. The number of esters is 1. The molecular weight excluding hydrogens is 345 g/mol. The highest BCUT2D eigenvalue weighted by Crippen LogP contribution is 2.29. The Balaban J connectivity index is 1.65. The summed E-state index contributed by atoms with van der Waals surface area (Å²) < 4.78 is 18.6. The number of hydrogen-bond acceptors (Lipinski definition) is 3. The first-order valence-electron chi connectivity index (χ1n) is 9.42. The lowest BCUT2D eigenvalue weighted by Crippen LogP contribution is -2.26. The van der Waals surface area contributed by atoms with Crippen molar-refractivity contribution in [1.29, 1.82) is 0 Å². The maximum absolute atomic E-state index is 13.1. The number of carbonyl (C=O) groups excluding carboxylic acids is 2. The molecule has 4 nitrogen and oxygen atoms in total. The van der Waals surface area contributed by atoms with E-state index in [0.29, 0.717) is 23.6 Å². The summed E-state index contributed by atoms with van der Waals surface area (Å²) in [6.07, 6.45) is 4.88. The van der Waals surface area contributed by atoms with E-state index in [-0.39, 0.29) is 11.8 Å². The summed E-state index contributed by atoms with van der Waals surface area (Å²) in [5.41, 5.74) is 1.05. The summed E-state index contributed by atoms with van der Waals surface area (Å²) in [6, 6.07) is 14.4. The smallest absolute Gasteiger partial charge is 0.306 e. The van der Waals surface area contributed by atoms with Gasteiger partial charge in [-0.1, -0.05) is 56.0 Å². The van der Waals surface area contributed by atoms with Crippen LogP contribution < -0.4 is 5.32 Å². The minimum absolute atomic E-state index is 0.317. The topological polar surface area (TPSA) is 55.4 Å². The van der Waals surface area contributed by atoms with Gasteiger partial charge < -0.3 is 10.1 Å². The molecule has 1 aliphatic rings. The number of halogens is 1. The van der Waals surface area contributed by atoms with Gasteiger partial charge >= 0.3 is 5.97 Å². The second-order valence-corrected chi connectivity index (χ2v) is 6.97. The van der Waals surface area contributed by atoms with E-state index in [0.717, 1.165) is 6.42 Å². The molecule has 0 saturated heterocycles. The van der Waals surface area contributed by atoms with Gasteiger partial charge in [-0.3, -0.25) is 9.59 Å². The molecule has 2 aromatic carbocycles. The minimum Gasteiger partial charge on any atom is -0.447 e. The normalized spacial score (nSPS) is 15.3. The fraction of sp³-hybridized carbons (Fsp3) is 0.364. The second kappa shape index (κ2) is 9.31. The van der Waals surface area contributed by atoms with Crippen molar-refractivity contribution in [2.24, 2.45) is 5.92 Å². The Hall–Kier alpha value is -2.69. The summed E-state index contributed by atoms with van der Waals surface area (Å²) in [7, 11) is 0. The van der Waals surface area contributed by atoms with E-state index in [1.807, 2.05) is 6.07 Å². The molecule has 1 saturated carbocycles. The first-order valence-corrected chi connectivity index (χ1v) is 9.42. The molecule has 3 rings (SSSR count). The van der Waals surface area contributed by atoms with E-state index in [4.69, 9.17) is 4.74 Å². The predicted octanol–water partition coefficient (Wildman–Crippen LogP) is 5.02. The first kappa shape index (κ1) is 19.1. The summed E-state index contributed by atoms with van der Waals surface area (Å²) in [5.74, 6) is -0.626. The van der Waals surface area contributed by atoms with Crippen LogP contribution in [0.5, 0.6) is 0 Å². The van der Waals surface area contributed by atoms with Gasteiger partial charge in [-0.2, -0.15) is 0 Å². The van der Waals surface area contributed by atoms with Crippen LogP contribution in [0.1, 0.15) is 50.2 Å². The third kappa shape index (κ3) is 5.64. The largest absolute Gasteiger partial charge is 0.447 e. The number of nitrogens with one attached hydrogen (secondary N) is 1. The Kier molecular flexibility index (Phi) is 6.58. The number of amides is 1. The molecule has 1 N–H and O–H groups in total. The third-order valence-electron chi connectivity index (χ3n) is 4.93. The zero-order chi connectivity index (χ0) is 19.1. The monoisotopic (exact) mass is 369 g/mol. The van der Waals surface area contributed by atoms with Crippen molar-refractivity contribution < 1.29 is 18.7 Å². The lowest BCUT2D eigenvalue weighted by Gasteiger charge is -2.18. The highest BCUT2D eigenvalue weighted by atomic mass is 19.1. The Morgan fingerprint density at radius 3 is 2.37 bits per heavy atom. The third-order valence-corrected chi connectivity index (χ3v) is 4.93. The molecule has 5 heteroatoms. The van der Waals surface area contributed by atoms with Crippen LogP contribution in [-0.4, -0.2) is 11.9 Å². The van der Waals surface area contributed by atoms with E-state index in [1.165, 1.54) is 49.9 Å². The Labute approximate surface area is 158 Å². The van der Waals surface area contributed by atoms with Gasteiger partial charge in [0.1, 0.15) is 5.82 Å². The van der Waals surface area contributed by atoms with Crippen LogP contribution in [0.2, 0.25) is 0 Å². The molecule has 0 aliphatic heterocycles. The van der Waals surface area contributed by atoms with Crippen LogP contribution >= 0.6 is 0 Å². The molecule has 0 aromatic heterocycles. The average molecular weight is 369 g/mol. The number of rotatable bonds is 7. The van der Waals surface area contributed by atoms with Crippen molar-refractivity contribution >= 4 is 17.6 Å². The van der Waals surface area contributed by atoms with Crippen LogP contribution in [0, 0.1) is 11.7 Å². The molecule has 0 spiro atoms. The van der Waals surface area contributed by atoms with Crippen LogP contribution in [0.3, 0.4) is 0 Å². The van der Waals surface area contributed by atoms with Crippen LogP contribution in [-0.2, 0) is 14.3 Å². The number of ether oxygens (including phenoxy) is 1. The molecular formula is C22H24FNO3. The van der Waals surface area contributed by atoms with Crippen molar-refractivity contribution in [2.45, 2.75) is 44.6 Å². The SMILES string of the molecule is O=C(CCC1CCCC1)OC(C(=O)Nc1ccc(F)cc1)c1ccccc1. The summed E-state index contributed by atoms with van der Waals surface area (Å²) >= 11 is 0. The van der Waals surface area contributed by atoms with Crippen molar-refractivity contribution in [3.63, 3.8) is 0 Å². The maximum atomic E-state index is 13.1. The standard InChI is InChI=1S/C22H24FNO3/c23-18-11-13-19(14-12-18)24-22(26)21(17-8-2-1-3-9-17)27-20(25)15-10-16-6-4-5-7-16/h1-3,8-9,11-14,16,21H,4-7,10,15H2,(H,24,26). The molecule has 1 unspecified atom stereocenters.